The van der Waals surface area contributed by atoms with E-state index < -0.39 is 0 Å². The van der Waals surface area contributed by atoms with Crippen molar-refractivity contribution in [2.24, 2.45) is 17.8 Å². The monoisotopic (exact) mass is 389 g/mol. The Bertz CT molecular complexity index is 746. The predicted octanol–water partition coefficient (Wildman–Crippen LogP) is 2.19. The maximum Gasteiger partial charge on any atom is 0.324 e. The van der Waals surface area contributed by atoms with Gasteiger partial charge in [0.05, 0.1) is 0 Å². The van der Waals surface area contributed by atoms with Crippen LogP contribution in [0.3, 0.4) is 0 Å². The van der Waals surface area contributed by atoms with Gasteiger partial charge in [-0.1, -0.05) is 27.4 Å². The van der Waals surface area contributed by atoms with E-state index in [0.29, 0.717) is 34.3 Å². The number of aromatic nitrogens is 3. The third-order valence-electron chi connectivity index (χ3n) is 4.91. The molecule has 0 aromatic carbocycles. The number of fused-ring (bicyclic) bond motifs is 1. The molecule has 6 heteroatoms. The molecule has 2 aromatic heterocycles. The molecule has 1 aliphatic carbocycles. The van der Waals surface area contributed by atoms with Gasteiger partial charge < -0.3 is 14.2 Å². The molecule has 1 fully saturated rings. The molecule has 0 saturated heterocycles. The summed E-state index contributed by atoms with van der Waals surface area (Å²) in [6.45, 7) is 12.4. The van der Waals surface area contributed by atoms with Crippen LogP contribution in [0.25, 0.3) is 12.2 Å². The van der Waals surface area contributed by atoms with Gasteiger partial charge >= 0.3 is 5.97 Å². The molecule has 2 atom stereocenters. The number of nitrogens with zero attached hydrogens (tertiary/aromatic N) is 3. The molecule has 1 saturated carbocycles. The zero-order valence-corrected chi connectivity index (χ0v) is 17.0. The molecule has 2 heterocycles. The summed E-state index contributed by atoms with van der Waals surface area (Å²) in [5.74, 6) is 1.11. The van der Waals surface area contributed by atoms with E-state index in [1.54, 1.807) is 4.52 Å². The average Bonchev–Trinajstić information content (AvgIpc) is 2.98. The standard InChI is InChI=1S/C17H22N3O2.Y/c1-9-6-10(2)15(11(3)7-9)22-17(21)14-12(4)13(5)20-16(14)18-8-19-20;/h9-11,15H,5-7H2,1-4H3;/q-1;. The third kappa shape index (κ3) is 3.23. The Labute approximate surface area is 161 Å². The summed E-state index contributed by atoms with van der Waals surface area (Å²) < 4.78 is 7.40. The first-order chi connectivity index (χ1) is 10.4. The molecule has 2 aromatic rings. The van der Waals surface area contributed by atoms with Gasteiger partial charge in [-0.25, -0.2) is 4.79 Å². The topological polar surface area (TPSA) is 56.5 Å². The van der Waals surface area contributed by atoms with Crippen molar-refractivity contribution >= 4 is 18.2 Å². The summed E-state index contributed by atoms with van der Waals surface area (Å²) in [6, 6.07) is 0. The van der Waals surface area contributed by atoms with Gasteiger partial charge in [0.15, 0.2) is 0 Å². The van der Waals surface area contributed by atoms with Crippen LogP contribution in [0.1, 0.15) is 49.5 Å². The number of carbonyl (C=O) groups is 1. The van der Waals surface area contributed by atoms with Crippen LogP contribution in [0.5, 0.6) is 0 Å². The molecule has 3 rings (SSSR count). The van der Waals surface area contributed by atoms with E-state index in [9.17, 15) is 4.79 Å². The van der Waals surface area contributed by atoms with Crippen LogP contribution in [-0.2, 0) is 37.4 Å². The summed E-state index contributed by atoms with van der Waals surface area (Å²) in [7, 11) is 0. The number of rotatable bonds is 2. The summed E-state index contributed by atoms with van der Waals surface area (Å²) >= 11 is 0. The molecule has 23 heavy (non-hydrogen) atoms. The van der Waals surface area contributed by atoms with Crippen LogP contribution in [-0.4, -0.2) is 26.7 Å². The minimum atomic E-state index is -0.322. The van der Waals surface area contributed by atoms with Crippen molar-refractivity contribution < 1.29 is 42.2 Å². The molecule has 0 amide bonds. The maximum absolute atomic E-state index is 12.7. The summed E-state index contributed by atoms with van der Waals surface area (Å²) in [5, 5.41) is 4.64. The summed E-state index contributed by atoms with van der Waals surface area (Å²) in [6.07, 6.45) is 4.67. The van der Waals surface area contributed by atoms with Crippen molar-refractivity contribution in [2.45, 2.75) is 46.6 Å². The molecule has 2 unspecified atom stereocenters. The predicted molar refractivity (Wildman–Crippen MR) is 83.2 cm³/mol. The van der Waals surface area contributed by atoms with Crippen molar-refractivity contribution in [2.75, 3.05) is 0 Å². The fraction of sp³-hybridized carbons (Fsp3) is 0.588. The minimum Gasteiger partial charge on any atom is -0.459 e. The second-order valence-electron chi connectivity index (χ2n) is 6.79. The van der Waals surface area contributed by atoms with Crippen molar-refractivity contribution in [3.63, 3.8) is 0 Å². The van der Waals surface area contributed by atoms with E-state index >= 15 is 0 Å². The van der Waals surface area contributed by atoms with Gasteiger partial charge in [0.1, 0.15) is 6.10 Å². The van der Waals surface area contributed by atoms with Gasteiger partial charge in [-0.2, -0.15) is 0 Å². The van der Waals surface area contributed by atoms with E-state index in [1.165, 1.54) is 0 Å². The molecule has 0 bridgehead atoms. The van der Waals surface area contributed by atoms with Crippen LogP contribution >= 0.6 is 0 Å². The number of carbonyl (C=O) groups excluding carboxylic acids is 1. The summed E-state index contributed by atoms with van der Waals surface area (Å²) in [4.78, 5) is 16.7. The Hall–Kier alpha value is -0.806. The van der Waals surface area contributed by atoms with E-state index in [4.69, 9.17) is 4.74 Å². The molecule has 121 valence electrons. The molecular formula is C17H22N3O2Y-. The molecule has 1 aliphatic rings. The van der Waals surface area contributed by atoms with Crippen LogP contribution in [0.4, 0.5) is 0 Å². The Kier molecular flexibility index (Phi) is 5.62. The maximum atomic E-state index is 12.7. The molecular weight excluding hydrogens is 367 g/mol. The Balaban J connectivity index is 0.00000192. The van der Waals surface area contributed by atoms with E-state index in [-0.39, 0.29) is 44.8 Å². The van der Waals surface area contributed by atoms with Gasteiger partial charge in [-0.15, -0.1) is 0 Å². The normalized spacial score (nSPS) is 27.7. The zero-order chi connectivity index (χ0) is 16.0. The fourth-order valence-corrected chi connectivity index (χ4v) is 3.88. The first-order valence-electron chi connectivity index (χ1n) is 7.85. The first-order valence-corrected chi connectivity index (χ1v) is 7.85. The largest absolute Gasteiger partial charge is 0.459 e. The molecule has 5 nitrogen and oxygen atoms in total. The van der Waals surface area contributed by atoms with E-state index in [2.05, 4.69) is 43.8 Å². The van der Waals surface area contributed by atoms with Crippen LogP contribution < -0.4 is 5.35 Å². The third-order valence-corrected chi connectivity index (χ3v) is 4.91. The SMILES string of the molecule is C=c1c(C)c(C(=O)OC2C(C)CC(C)CC2C)c2n[c-]nn12.[Y]. The van der Waals surface area contributed by atoms with E-state index in [0.717, 1.165) is 18.4 Å². The van der Waals surface area contributed by atoms with Gasteiger partial charge in [0.25, 0.3) is 0 Å². The number of esters is 1. The number of ether oxygens (including phenoxy) is 1. The molecule has 0 spiro atoms. The molecule has 0 N–H and O–H groups in total. The average molecular weight is 389 g/mol. The van der Waals surface area contributed by atoms with Gasteiger partial charge in [-0.05, 0) is 49.4 Å². The first kappa shape index (κ1) is 18.5. The molecule has 0 aliphatic heterocycles. The Morgan fingerprint density at radius 2 is 1.91 bits per heavy atom. The second kappa shape index (κ2) is 6.98. The van der Waals surface area contributed by atoms with Crippen molar-refractivity contribution in [3.8, 4) is 0 Å². The smallest absolute Gasteiger partial charge is 0.324 e. The van der Waals surface area contributed by atoms with Crippen molar-refractivity contribution in [3.05, 3.63) is 22.8 Å². The van der Waals surface area contributed by atoms with E-state index in [1.807, 2.05) is 6.92 Å². The van der Waals surface area contributed by atoms with Crippen LogP contribution in [0, 0.1) is 31.0 Å². The molecule has 1 radical (unpaired) electrons. The minimum absolute atomic E-state index is 0. The van der Waals surface area contributed by atoms with Crippen molar-refractivity contribution in [1.29, 1.82) is 0 Å². The summed E-state index contributed by atoms with van der Waals surface area (Å²) in [5.41, 5.74) is 1.73. The van der Waals surface area contributed by atoms with Gasteiger partial charge in [0, 0.05) is 49.3 Å². The van der Waals surface area contributed by atoms with Crippen LogP contribution in [0.15, 0.2) is 0 Å². The number of hydrogen-bond acceptors (Lipinski definition) is 4. The Morgan fingerprint density at radius 1 is 1.30 bits per heavy atom. The van der Waals surface area contributed by atoms with Crippen LogP contribution in [0.2, 0.25) is 0 Å². The van der Waals surface area contributed by atoms with Crippen molar-refractivity contribution in [1.82, 2.24) is 14.6 Å². The number of hydrogen-bond donors (Lipinski definition) is 0. The second-order valence-corrected chi connectivity index (χ2v) is 6.79. The van der Waals surface area contributed by atoms with Gasteiger partial charge in [0.2, 0.25) is 0 Å². The van der Waals surface area contributed by atoms with Gasteiger partial charge in [-0.3, -0.25) is 5.10 Å². The quantitative estimate of drug-likeness (QED) is 0.584. The fourth-order valence-electron chi connectivity index (χ4n) is 3.88. The Morgan fingerprint density at radius 3 is 2.52 bits per heavy atom. The zero-order valence-electron chi connectivity index (χ0n) is 14.2.